The molecule has 0 aliphatic rings. The van der Waals surface area contributed by atoms with E-state index in [1.54, 1.807) is 11.3 Å². The predicted octanol–water partition coefficient (Wildman–Crippen LogP) is 15.2. The highest BCUT2D eigenvalue weighted by molar-refractivity contribution is 7.27. The molecule has 0 radical (unpaired) electrons. The molecule has 3 heteroatoms. The molecule has 0 aliphatic heterocycles. The van der Waals surface area contributed by atoms with E-state index in [1.807, 2.05) is 0 Å². The molecule has 2 aromatic heterocycles. The van der Waals surface area contributed by atoms with E-state index in [1.165, 1.54) is 54.2 Å². The molecule has 266 valence electrons. The van der Waals surface area contributed by atoms with Gasteiger partial charge in [0, 0.05) is 21.2 Å². The lowest BCUT2D eigenvalue weighted by Crippen LogP contribution is -1.94. The molecule has 0 amide bonds. The Morgan fingerprint density at radius 1 is 0.298 bits per heavy atom. The van der Waals surface area contributed by atoms with E-state index < -0.39 is 0 Å². The van der Waals surface area contributed by atoms with Crippen LogP contribution in [-0.2, 0) is 0 Å². The average molecular weight is 743 g/mol. The molecule has 9 aromatic carbocycles. The van der Waals surface area contributed by atoms with E-state index in [0.29, 0.717) is 0 Å². The summed E-state index contributed by atoms with van der Waals surface area (Å²) in [4.78, 5) is 10.8. The van der Waals surface area contributed by atoms with Crippen LogP contribution in [0, 0.1) is 0 Å². The molecule has 0 N–H and O–H groups in total. The number of benzene rings is 9. The molecule has 0 aliphatic carbocycles. The van der Waals surface area contributed by atoms with Crippen LogP contribution in [0.5, 0.6) is 0 Å². The molecule has 11 aromatic rings. The minimum Gasteiger partial charge on any atom is -0.226 e. The third-order valence-electron chi connectivity index (χ3n) is 11.0. The summed E-state index contributed by atoms with van der Waals surface area (Å²) in [6.07, 6.45) is 0. The van der Waals surface area contributed by atoms with Gasteiger partial charge in [0.2, 0.25) is 0 Å². The molecule has 0 bridgehead atoms. The first-order valence-electron chi connectivity index (χ1n) is 19.3. The van der Waals surface area contributed by atoms with Crippen LogP contribution in [0.15, 0.2) is 206 Å². The van der Waals surface area contributed by atoms with Gasteiger partial charge < -0.3 is 0 Å². The highest BCUT2D eigenvalue weighted by Crippen LogP contribution is 2.43. The van der Waals surface area contributed by atoms with Crippen molar-refractivity contribution < 1.29 is 0 Å². The largest absolute Gasteiger partial charge is 0.226 e. The van der Waals surface area contributed by atoms with E-state index >= 15 is 0 Å². The van der Waals surface area contributed by atoms with Crippen molar-refractivity contribution in [3.63, 3.8) is 0 Å². The van der Waals surface area contributed by atoms with Crippen molar-refractivity contribution >= 4 is 53.2 Å². The van der Waals surface area contributed by atoms with Crippen molar-refractivity contribution in [2.75, 3.05) is 0 Å². The predicted molar refractivity (Wildman–Crippen MR) is 243 cm³/mol. The molecule has 0 fully saturated rings. The number of nitrogens with zero attached hydrogens (tertiary/aromatic N) is 2. The zero-order valence-corrected chi connectivity index (χ0v) is 31.7. The van der Waals surface area contributed by atoms with Gasteiger partial charge in [0.15, 0.2) is 5.82 Å². The maximum atomic E-state index is 5.44. The van der Waals surface area contributed by atoms with Gasteiger partial charge in [0.1, 0.15) is 0 Å². The van der Waals surface area contributed by atoms with Crippen LogP contribution in [0.2, 0.25) is 0 Å². The van der Waals surface area contributed by atoms with Gasteiger partial charge >= 0.3 is 0 Å². The minimum atomic E-state index is 0.738. The van der Waals surface area contributed by atoms with Gasteiger partial charge in [-0.05, 0) is 96.4 Å². The molecule has 0 saturated carbocycles. The Labute approximate surface area is 335 Å². The normalized spacial score (nSPS) is 11.5. The number of fused-ring (bicyclic) bond motifs is 6. The lowest BCUT2D eigenvalue weighted by Gasteiger charge is -2.13. The second-order valence-electron chi connectivity index (χ2n) is 14.6. The topological polar surface area (TPSA) is 25.8 Å². The summed E-state index contributed by atoms with van der Waals surface area (Å²) in [7, 11) is 0. The van der Waals surface area contributed by atoms with Crippen LogP contribution in [0.4, 0.5) is 0 Å². The minimum absolute atomic E-state index is 0.738. The first-order valence-corrected chi connectivity index (χ1v) is 20.1. The smallest absolute Gasteiger partial charge is 0.161 e. The first-order chi connectivity index (χ1) is 28.2. The van der Waals surface area contributed by atoms with E-state index in [4.69, 9.17) is 9.97 Å². The monoisotopic (exact) mass is 742 g/mol. The zero-order chi connectivity index (χ0) is 37.7. The number of thiophene rings is 1. The Bertz CT molecular complexity index is 3230. The fourth-order valence-electron chi connectivity index (χ4n) is 8.22. The van der Waals surface area contributed by atoms with Gasteiger partial charge in [0.25, 0.3) is 0 Å². The maximum Gasteiger partial charge on any atom is 0.161 e. The second kappa shape index (κ2) is 13.8. The van der Waals surface area contributed by atoms with Gasteiger partial charge in [-0.15, -0.1) is 11.3 Å². The van der Waals surface area contributed by atoms with Crippen LogP contribution in [-0.4, -0.2) is 9.97 Å². The highest BCUT2D eigenvalue weighted by Gasteiger charge is 2.19. The molecule has 57 heavy (non-hydrogen) atoms. The number of aromatic nitrogens is 2. The van der Waals surface area contributed by atoms with Crippen molar-refractivity contribution in [2.45, 2.75) is 0 Å². The molecule has 2 nitrogen and oxygen atoms in total. The number of rotatable bonds is 6. The number of hydrogen-bond acceptors (Lipinski definition) is 3. The van der Waals surface area contributed by atoms with Crippen molar-refractivity contribution in [1.82, 2.24) is 9.97 Å². The summed E-state index contributed by atoms with van der Waals surface area (Å²) in [6.45, 7) is 0. The van der Waals surface area contributed by atoms with Crippen molar-refractivity contribution in [3.05, 3.63) is 206 Å². The molecule has 0 saturated heterocycles. The third-order valence-corrected chi connectivity index (χ3v) is 12.3. The van der Waals surface area contributed by atoms with E-state index in [-0.39, 0.29) is 0 Å². The molecular weight excluding hydrogens is 709 g/mol. The number of hydrogen-bond donors (Lipinski definition) is 0. The lowest BCUT2D eigenvalue weighted by atomic mass is 9.92. The van der Waals surface area contributed by atoms with Gasteiger partial charge in [-0.25, -0.2) is 9.97 Å². The highest BCUT2D eigenvalue weighted by atomic mass is 32.1. The van der Waals surface area contributed by atoms with E-state index in [2.05, 4.69) is 206 Å². The van der Waals surface area contributed by atoms with Crippen LogP contribution >= 0.6 is 11.3 Å². The first kappa shape index (κ1) is 33.2. The fraction of sp³-hybridized carbons (Fsp3) is 0. The molecule has 11 rings (SSSR count). The third kappa shape index (κ3) is 5.97. The van der Waals surface area contributed by atoms with Crippen molar-refractivity contribution in [3.8, 4) is 67.2 Å². The zero-order valence-electron chi connectivity index (χ0n) is 30.9. The summed E-state index contributed by atoms with van der Waals surface area (Å²) < 4.78 is 2.34. The summed E-state index contributed by atoms with van der Waals surface area (Å²) in [5.74, 6) is 0.738. The Morgan fingerprint density at radius 2 is 0.772 bits per heavy atom. The van der Waals surface area contributed by atoms with Crippen LogP contribution in [0.25, 0.3) is 109 Å². The fourth-order valence-corrected chi connectivity index (χ4v) is 9.51. The summed E-state index contributed by atoms with van der Waals surface area (Å²) >= 11 is 1.80. The van der Waals surface area contributed by atoms with Crippen LogP contribution in [0.3, 0.4) is 0 Å². The van der Waals surface area contributed by atoms with Gasteiger partial charge in [-0.1, -0.05) is 176 Å². The van der Waals surface area contributed by atoms with E-state index in [0.717, 1.165) is 54.8 Å². The van der Waals surface area contributed by atoms with Gasteiger partial charge in [0.05, 0.1) is 15.9 Å². The molecule has 2 heterocycles. The molecular formula is C54H34N2S. The van der Waals surface area contributed by atoms with Crippen LogP contribution in [0.1, 0.15) is 0 Å². The van der Waals surface area contributed by atoms with Crippen molar-refractivity contribution in [1.29, 1.82) is 0 Å². The Morgan fingerprint density at radius 3 is 1.46 bits per heavy atom. The van der Waals surface area contributed by atoms with Gasteiger partial charge in [-0.3, -0.25) is 0 Å². The quantitative estimate of drug-likeness (QED) is 0.170. The van der Waals surface area contributed by atoms with Crippen LogP contribution < -0.4 is 0 Å². The molecule has 0 spiro atoms. The summed E-state index contributed by atoms with van der Waals surface area (Å²) in [5.41, 5.74) is 13.5. The van der Waals surface area contributed by atoms with Gasteiger partial charge in [-0.2, -0.15) is 0 Å². The second-order valence-corrected chi connectivity index (χ2v) is 15.6. The molecule has 0 atom stereocenters. The van der Waals surface area contributed by atoms with E-state index in [9.17, 15) is 0 Å². The Kier molecular flexibility index (Phi) is 8.04. The lowest BCUT2D eigenvalue weighted by molar-refractivity contribution is 1.24. The Balaban J connectivity index is 1.08. The summed E-state index contributed by atoms with van der Waals surface area (Å²) in [6, 6.07) is 74.0. The van der Waals surface area contributed by atoms with Crippen molar-refractivity contribution in [2.24, 2.45) is 0 Å². The Hall–Kier alpha value is -7.20. The maximum absolute atomic E-state index is 5.44. The summed E-state index contributed by atoms with van der Waals surface area (Å²) in [5, 5.41) is 5.96. The SMILES string of the molecule is c1ccc(-c2cc(-c3ccccc3)cc(-c3cccc(-c4cccc(-c5nc(-c6cccc7ccccc67)nc6c5sc5c7ccccc7ccc65)c4)c3)c2)cc1. The average Bonchev–Trinajstić information content (AvgIpc) is 3.68. The molecule has 0 unspecified atom stereocenters. The standard InChI is InChI=1S/C54H34N2S/c1-3-14-35(15-4-1)43-32-44(36-16-5-2-6-17-36)34-45(33-43)41-23-11-21-39(30-41)40-22-12-24-42(31-40)50-53-51(49-29-28-38-19-8-10-26-47(38)52(49)57-53)56-54(55-50)48-27-13-20-37-18-7-9-25-46(37)48/h1-34H.